The van der Waals surface area contributed by atoms with Gasteiger partial charge in [-0.2, -0.15) is 0 Å². The molecule has 0 bridgehead atoms. The van der Waals surface area contributed by atoms with Gasteiger partial charge in [-0.25, -0.2) is 0 Å². The Morgan fingerprint density at radius 2 is 2.24 bits per heavy atom. The van der Waals surface area contributed by atoms with Gasteiger partial charge in [0.2, 0.25) is 0 Å². The van der Waals surface area contributed by atoms with E-state index in [2.05, 4.69) is 41.9 Å². The van der Waals surface area contributed by atoms with Crippen LogP contribution in [0.3, 0.4) is 0 Å². The topological polar surface area (TPSA) is 12.0 Å². The molecule has 1 N–H and O–H groups in total. The largest absolute Gasteiger partial charge is 0.310 e. The zero-order valence-corrected chi connectivity index (χ0v) is 11.1. The van der Waals surface area contributed by atoms with Crippen molar-refractivity contribution in [1.82, 2.24) is 5.32 Å². The van der Waals surface area contributed by atoms with Crippen LogP contribution in [0.15, 0.2) is 29.6 Å². The standard InChI is InChI=1S/C15H19NS/c1-2-16-14(10-11-6-7-11)13-5-3-4-12-8-9-17-15(12)13/h3-5,8-9,11,14,16H,2,6-7,10H2,1H3. The first-order valence-corrected chi connectivity index (χ1v) is 7.46. The second-order valence-corrected chi connectivity index (χ2v) is 5.89. The molecule has 1 fully saturated rings. The van der Waals surface area contributed by atoms with Gasteiger partial charge >= 0.3 is 0 Å². The van der Waals surface area contributed by atoms with Crippen LogP contribution in [0, 0.1) is 5.92 Å². The third kappa shape index (κ3) is 2.38. The summed E-state index contributed by atoms with van der Waals surface area (Å²) in [6.45, 7) is 3.26. The molecule has 0 radical (unpaired) electrons. The molecule has 0 spiro atoms. The quantitative estimate of drug-likeness (QED) is 0.825. The van der Waals surface area contributed by atoms with Crippen LogP contribution in [-0.2, 0) is 0 Å². The highest BCUT2D eigenvalue weighted by atomic mass is 32.1. The molecule has 3 rings (SSSR count). The molecule has 1 aromatic heterocycles. The Balaban J connectivity index is 1.94. The maximum Gasteiger partial charge on any atom is 0.0390 e. The molecule has 0 saturated heterocycles. The van der Waals surface area contributed by atoms with Gasteiger partial charge in [0.1, 0.15) is 0 Å². The predicted octanol–water partition coefficient (Wildman–Crippen LogP) is 4.35. The van der Waals surface area contributed by atoms with Crippen molar-refractivity contribution in [2.24, 2.45) is 5.92 Å². The predicted molar refractivity (Wildman–Crippen MR) is 75.6 cm³/mol. The highest BCUT2D eigenvalue weighted by Crippen LogP contribution is 2.39. The summed E-state index contributed by atoms with van der Waals surface area (Å²) >= 11 is 1.88. The minimum atomic E-state index is 0.551. The second-order valence-electron chi connectivity index (χ2n) is 4.98. The molecule has 1 atom stereocenters. The molecular weight excluding hydrogens is 226 g/mol. The molecule has 1 aliphatic rings. The Labute approximate surface area is 107 Å². The number of thiophene rings is 1. The van der Waals surface area contributed by atoms with Crippen molar-refractivity contribution in [2.75, 3.05) is 6.54 Å². The van der Waals surface area contributed by atoms with E-state index in [4.69, 9.17) is 0 Å². The normalized spacial score (nSPS) is 17.5. The Hall–Kier alpha value is -0.860. The molecule has 1 aliphatic carbocycles. The van der Waals surface area contributed by atoms with Gasteiger partial charge in [0.05, 0.1) is 0 Å². The van der Waals surface area contributed by atoms with Crippen molar-refractivity contribution >= 4 is 21.4 Å². The Morgan fingerprint density at radius 3 is 3.00 bits per heavy atom. The molecule has 1 aromatic carbocycles. The van der Waals surface area contributed by atoms with E-state index < -0.39 is 0 Å². The van der Waals surface area contributed by atoms with E-state index in [9.17, 15) is 0 Å². The van der Waals surface area contributed by atoms with Crippen LogP contribution < -0.4 is 5.32 Å². The van der Waals surface area contributed by atoms with Crippen LogP contribution in [0.4, 0.5) is 0 Å². The SMILES string of the molecule is CCNC(CC1CC1)c1cccc2ccsc12. The van der Waals surface area contributed by atoms with Crippen molar-refractivity contribution in [1.29, 1.82) is 0 Å². The molecule has 1 nitrogen and oxygen atoms in total. The molecule has 1 saturated carbocycles. The minimum absolute atomic E-state index is 0.551. The third-order valence-electron chi connectivity index (χ3n) is 3.60. The number of rotatable bonds is 5. The first-order valence-electron chi connectivity index (χ1n) is 6.58. The van der Waals surface area contributed by atoms with Crippen molar-refractivity contribution < 1.29 is 0 Å². The molecule has 2 aromatic rings. The maximum atomic E-state index is 3.66. The lowest BCUT2D eigenvalue weighted by atomic mass is 10.00. The fraction of sp³-hybridized carbons (Fsp3) is 0.467. The van der Waals surface area contributed by atoms with E-state index in [-0.39, 0.29) is 0 Å². The van der Waals surface area contributed by atoms with Crippen LogP contribution in [-0.4, -0.2) is 6.54 Å². The molecule has 0 amide bonds. The molecule has 1 heterocycles. The lowest BCUT2D eigenvalue weighted by Crippen LogP contribution is -2.21. The van der Waals surface area contributed by atoms with E-state index in [1.54, 1.807) is 0 Å². The summed E-state index contributed by atoms with van der Waals surface area (Å²) in [4.78, 5) is 0. The lowest BCUT2D eigenvalue weighted by Gasteiger charge is -2.19. The zero-order valence-electron chi connectivity index (χ0n) is 10.3. The number of fused-ring (bicyclic) bond motifs is 1. The summed E-state index contributed by atoms with van der Waals surface area (Å²) in [6.07, 6.45) is 4.18. The fourth-order valence-corrected chi connectivity index (χ4v) is 3.51. The van der Waals surface area contributed by atoms with Gasteiger partial charge < -0.3 is 5.32 Å². The van der Waals surface area contributed by atoms with Crippen LogP contribution in [0.25, 0.3) is 10.1 Å². The van der Waals surface area contributed by atoms with E-state index in [0.29, 0.717) is 6.04 Å². The minimum Gasteiger partial charge on any atom is -0.310 e. The smallest absolute Gasteiger partial charge is 0.0390 e. The van der Waals surface area contributed by atoms with Crippen molar-refractivity contribution in [3.05, 3.63) is 35.2 Å². The highest BCUT2D eigenvalue weighted by molar-refractivity contribution is 7.17. The van der Waals surface area contributed by atoms with Gasteiger partial charge in [-0.05, 0) is 41.3 Å². The first kappa shape index (κ1) is 11.2. The molecule has 2 heteroatoms. The van der Waals surface area contributed by atoms with Crippen molar-refractivity contribution in [2.45, 2.75) is 32.2 Å². The third-order valence-corrected chi connectivity index (χ3v) is 4.58. The summed E-state index contributed by atoms with van der Waals surface area (Å²) in [5.74, 6) is 0.967. The van der Waals surface area contributed by atoms with E-state index >= 15 is 0 Å². The number of nitrogens with one attached hydrogen (secondary N) is 1. The Morgan fingerprint density at radius 1 is 1.35 bits per heavy atom. The van der Waals surface area contributed by atoms with E-state index in [1.807, 2.05) is 11.3 Å². The average Bonchev–Trinajstić information content (AvgIpc) is 3.03. The highest BCUT2D eigenvalue weighted by Gasteiger charge is 2.26. The maximum absolute atomic E-state index is 3.66. The molecular formula is C15H19NS. The number of hydrogen-bond donors (Lipinski definition) is 1. The summed E-state index contributed by atoms with van der Waals surface area (Å²) in [7, 11) is 0. The lowest BCUT2D eigenvalue weighted by molar-refractivity contribution is 0.490. The van der Waals surface area contributed by atoms with Crippen LogP contribution in [0.5, 0.6) is 0 Å². The summed E-state index contributed by atoms with van der Waals surface area (Å²) in [6, 6.07) is 9.49. The van der Waals surface area contributed by atoms with Crippen LogP contribution >= 0.6 is 11.3 Å². The van der Waals surface area contributed by atoms with Gasteiger partial charge in [-0.3, -0.25) is 0 Å². The molecule has 90 valence electrons. The van der Waals surface area contributed by atoms with Gasteiger partial charge in [-0.1, -0.05) is 38.0 Å². The van der Waals surface area contributed by atoms with Gasteiger partial charge in [-0.15, -0.1) is 11.3 Å². The first-order chi connectivity index (χ1) is 8.38. The van der Waals surface area contributed by atoms with E-state index in [1.165, 1.54) is 34.9 Å². The van der Waals surface area contributed by atoms with Crippen LogP contribution in [0.2, 0.25) is 0 Å². The summed E-state index contributed by atoms with van der Waals surface area (Å²) in [5, 5.41) is 7.26. The zero-order chi connectivity index (χ0) is 11.7. The Kier molecular flexibility index (Phi) is 3.17. The molecule has 1 unspecified atom stereocenters. The van der Waals surface area contributed by atoms with Crippen molar-refractivity contribution in [3.8, 4) is 0 Å². The Bertz CT molecular complexity index is 498. The van der Waals surface area contributed by atoms with Gasteiger partial charge in [0.15, 0.2) is 0 Å². The number of hydrogen-bond acceptors (Lipinski definition) is 2. The fourth-order valence-electron chi connectivity index (χ4n) is 2.54. The molecule has 0 aliphatic heterocycles. The van der Waals surface area contributed by atoms with Gasteiger partial charge in [0.25, 0.3) is 0 Å². The van der Waals surface area contributed by atoms with Gasteiger partial charge in [0, 0.05) is 10.7 Å². The average molecular weight is 245 g/mol. The van der Waals surface area contributed by atoms with Crippen molar-refractivity contribution in [3.63, 3.8) is 0 Å². The van der Waals surface area contributed by atoms with E-state index in [0.717, 1.165) is 12.5 Å². The van der Waals surface area contributed by atoms with Crippen LogP contribution in [0.1, 0.15) is 37.8 Å². The summed E-state index contributed by atoms with van der Waals surface area (Å²) in [5.41, 5.74) is 1.51. The second kappa shape index (κ2) is 4.79. The molecule has 17 heavy (non-hydrogen) atoms. The summed E-state index contributed by atoms with van der Waals surface area (Å²) < 4.78 is 1.47. The number of benzene rings is 1. The monoisotopic (exact) mass is 245 g/mol.